The van der Waals surface area contributed by atoms with Crippen LogP contribution in [-0.4, -0.2) is 30.2 Å². The van der Waals surface area contributed by atoms with Crippen molar-refractivity contribution in [2.45, 2.75) is 19.3 Å². The van der Waals surface area contributed by atoms with Crippen LogP contribution in [-0.2, 0) is 11.2 Å². The highest BCUT2D eigenvalue weighted by Gasteiger charge is 2.21. The maximum Gasteiger partial charge on any atom is 0.321 e. The Labute approximate surface area is 105 Å². The van der Waals surface area contributed by atoms with Gasteiger partial charge in [-0.05, 0) is 24.5 Å². The third-order valence-corrected chi connectivity index (χ3v) is 2.97. The van der Waals surface area contributed by atoms with E-state index in [2.05, 4.69) is 5.32 Å². The predicted octanol–water partition coefficient (Wildman–Crippen LogP) is 1.62. The summed E-state index contributed by atoms with van der Waals surface area (Å²) in [5.74, 6) is -0.826. The van der Waals surface area contributed by atoms with Crippen LogP contribution < -0.4 is 10.2 Å². The van der Waals surface area contributed by atoms with Crippen molar-refractivity contribution < 1.29 is 14.7 Å². The van der Waals surface area contributed by atoms with Gasteiger partial charge in [0, 0.05) is 25.2 Å². The number of aryl methyl sites for hydroxylation is 1. The minimum atomic E-state index is -0.826. The number of nitrogens with one attached hydrogen (secondary N) is 1. The largest absolute Gasteiger partial charge is 0.481 e. The van der Waals surface area contributed by atoms with E-state index in [-0.39, 0.29) is 12.5 Å². The molecule has 1 aromatic carbocycles. The van der Waals surface area contributed by atoms with Crippen LogP contribution in [0.4, 0.5) is 10.5 Å². The number of anilines is 1. The van der Waals surface area contributed by atoms with Gasteiger partial charge in [0.25, 0.3) is 0 Å². The Balaban J connectivity index is 2.20. The summed E-state index contributed by atoms with van der Waals surface area (Å²) >= 11 is 0. The fourth-order valence-electron chi connectivity index (χ4n) is 2.09. The summed E-state index contributed by atoms with van der Waals surface area (Å²) in [5.41, 5.74) is 1.72. The molecular weight excluding hydrogens is 232 g/mol. The Hall–Kier alpha value is -2.04. The first-order valence-electron chi connectivity index (χ1n) is 6.03. The van der Waals surface area contributed by atoms with Crippen molar-refractivity contribution in [1.82, 2.24) is 5.32 Å². The van der Waals surface area contributed by atoms with Crippen LogP contribution in [0.25, 0.3) is 0 Å². The summed E-state index contributed by atoms with van der Waals surface area (Å²) in [5, 5.41) is 11.5. The Kier molecular flexibility index (Phi) is 3.82. The minimum absolute atomic E-state index is 0.0759. The second-order valence-corrected chi connectivity index (χ2v) is 4.26. The molecule has 0 spiro atoms. The molecule has 0 atom stereocenters. The number of carbonyl (C=O) groups is 2. The number of urea groups is 1. The minimum Gasteiger partial charge on any atom is -0.481 e. The number of hydrogen-bond donors (Lipinski definition) is 2. The number of carbonyl (C=O) groups excluding carboxylic acids is 1. The quantitative estimate of drug-likeness (QED) is 0.850. The molecule has 2 N–H and O–H groups in total. The number of hydrogen-bond acceptors (Lipinski definition) is 2. The van der Waals surface area contributed by atoms with E-state index in [1.807, 2.05) is 24.3 Å². The van der Waals surface area contributed by atoms with Gasteiger partial charge in [0.05, 0.1) is 0 Å². The summed E-state index contributed by atoms with van der Waals surface area (Å²) in [7, 11) is 0. The molecule has 0 aromatic heterocycles. The highest BCUT2D eigenvalue weighted by Crippen LogP contribution is 2.23. The fourth-order valence-corrected chi connectivity index (χ4v) is 2.09. The van der Waals surface area contributed by atoms with Crippen molar-refractivity contribution in [3.8, 4) is 0 Å². The lowest BCUT2D eigenvalue weighted by molar-refractivity contribution is -0.136. The molecule has 2 amide bonds. The van der Waals surface area contributed by atoms with Gasteiger partial charge in [-0.1, -0.05) is 18.2 Å². The summed E-state index contributed by atoms with van der Waals surface area (Å²) in [4.78, 5) is 24.1. The topological polar surface area (TPSA) is 69.6 Å². The lowest BCUT2D eigenvalue weighted by Crippen LogP contribution is -2.46. The molecule has 0 radical (unpaired) electrons. The molecule has 1 aromatic rings. The van der Waals surface area contributed by atoms with Gasteiger partial charge in [-0.2, -0.15) is 0 Å². The highest BCUT2D eigenvalue weighted by atomic mass is 16.4. The molecular formula is C13H16N2O3. The molecule has 2 rings (SSSR count). The number of nitrogens with zero attached hydrogens (tertiary/aromatic N) is 1. The lowest BCUT2D eigenvalue weighted by atomic mass is 10.1. The fraction of sp³-hybridized carbons (Fsp3) is 0.385. The normalized spacial score (nSPS) is 15.3. The van der Waals surface area contributed by atoms with Gasteiger partial charge in [0.15, 0.2) is 0 Å². The maximum atomic E-state index is 11.8. The van der Waals surface area contributed by atoms with Crippen molar-refractivity contribution >= 4 is 17.7 Å². The van der Waals surface area contributed by atoms with E-state index in [0.717, 1.165) is 17.7 Å². The van der Waals surface area contributed by atoms with Crippen molar-refractivity contribution in [2.75, 3.05) is 18.0 Å². The van der Waals surface area contributed by atoms with Crippen LogP contribution in [0.2, 0.25) is 0 Å². The monoisotopic (exact) mass is 248 g/mol. The molecule has 5 heteroatoms. The zero-order valence-electron chi connectivity index (χ0n) is 10.1. The highest BCUT2D eigenvalue weighted by molar-refractivity contribution is 5.93. The lowest BCUT2D eigenvalue weighted by Gasteiger charge is -2.29. The number of aliphatic carboxylic acids is 1. The molecule has 1 aliphatic rings. The Morgan fingerprint density at radius 2 is 2.17 bits per heavy atom. The molecule has 1 saturated heterocycles. The molecule has 96 valence electrons. The molecule has 1 heterocycles. The average molecular weight is 248 g/mol. The summed E-state index contributed by atoms with van der Waals surface area (Å²) in [6.07, 6.45) is 1.42. The molecule has 0 saturated carbocycles. The van der Waals surface area contributed by atoms with Crippen molar-refractivity contribution in [3.05, 3.63) is 29.8 Å². The third kappa shape index (κ3) is 2.80. The number of benzene rings is 1. The first kappa shape index (κ1) is 12.4. The van der Waals surface area contributed by atoms with Gasteiger partial charge >= 0.3 is 12.0 Å². The number of amides is 2. The van der Waals surface area contributed by atoms with E-state index in [1.54, 1.807) is 4.90 Å². The van der Waals surface area contributed by atoms with Crippen LogP contribution in [0, 0.1) is 0 Å². The van der Waals surface area contributed by atoms with E-state index >= 15 is 0 Å². The SMILES string of the molecule is O=C(O)CCc1ccccc1N1CCCNC1=O. The average Bonchev–Trinajstić information content (AvgIpc) is 2.37. The first-order chi connectivity index (χ1) is 8.68. The number of rotatable bonds is 4. The van der Waals surface area contributed by atoms with Gasteiger partial charge < -0.3 is 10.4 Å². The first-order valence-corrected chi connectivity index (χ1v) is 6.03. The van der Waals surface area contributed by atoms with Crippen molar-refractivity contribution in [3.63, 3.8) is 0 Å². The zero-order chi connectivity index (χ0) is 13.0. The standard InChI is InChI=1S/C13H16N2O3/c16-12(17)7-6-10-4-1-2-5-11(10)15-9-3-8-14-13(15)18/h1-2,4-5H,3,6-9H2,(H,14,18)(H,16,17). The molecule has 1 fully saturated rings. The predicted molar refractivity (Wildman–Crippen MR) is 67.8 cm³/mol. The zero-order valence-corrected chi connectivity index (χ0v) is 10.1. The van der Waals surface area contributed by atoms with Gasteiger partial charge in [0.1, 0.15) is 0 Å². The molecule has 5 nitrogen and oxygen atoms in total. The summed E-state index contributed by atoms with van der Waals surface area (Å²) < 4.78 is 0. The number of para-hydroxylation sites is 1. The number of carboxylic acids is 1. The number of carboxylic acid groups (broad SMARTS) is 1. The van der Waals surface area contributed by atoms with Gasteiger partial charge in [-0.3, -0.25) is 9.69 Å². The van der Waals surface area contributed by atoms with E-state index in [0.29, 0.717) is 19.5 Å². The summed E-state index contributed by atoms with van der Waals surface area (Å²) in [6.45, 7) is 1.38. The Morgan fingerprint density at radius 3 is 2.89 bits per heavy atom. The van der Waals surface area contributed by atoms with Crippen molar-refractivity contribution in [1.29, 1.82) is 0 Å². The molecule has 0 aliphatic carbocycles. The molecule has 0 bridgehead atoms. The van der Waals surface area contributed by atoms with E-state index < -0.39 is 5.97 Å². The van der Waals surface area contributed by atoms with E-state index in [4.69, 9.17) is 5.11 Å². The molecule has 18 heavy (non-hydrogen) atoms. The van der Waals surface area contributed by atoms with Gasteiger partial charge in [-0.25, -0.2) is 4.79 Å². The summed E-state index contributed by atoms with van der Waals surface area (Å²) in [6, 6.07) is 7.36. The van der Waals surface area contributed by atoms with Crippen LogP contribution in [0.3, 0.4) is 0 Å². The van der Waals surface area contributed by atoms with Gasteiger partial charge in [0.2, 0.25) is 0 Å². The Bertz CT molecular complexity index is 459. The van der Waals surface area contributed by atoms with E-state index in [9.17, 15) is 9.59 Å². The molecule has 1 aliphatic heterocycles. The van der Waals surface area contributed by atoms with Crippen LogP contribution in [0.1, 0.15) is 18.4 Å². The molecule has 0 unspecified atom stereocenters. The van der Waals surface area contributed by atoms with Crippen LogP contribution >= 0.6 is 0 Å². The maximum absolute atomic E-state index is 11.8. The third-order valence-electron chi connectivity index (χ3n) is 2.97. The van der Waals surface area contributed by atoms with E-state index in [1.165, 1.54) is 0 Å². The van der Waals surface area contributed by atoms with Crippen molar-refractivity contribution in [2.24, 2.45) is 0 Å². The van der Waals surface area contributed by atoms with Crippen LogP contribution in [0.5, 0.6) is 0 Å². The second-order valence-electron chi connectivity index (χ2n) is 4.26. The second kappa shape index (κ2) is 5.53. The van der Waals surface area contributed by atoms with Gasteiger partial charge in [-0.15, -0.1) is 0 Å². The Morgan fingerprint density at radius 1 is 1.39 bits per heavy atom. The van der Waals surface area contributed by atoms with Crippen LogP contribution in [0.15, 0.2) is 24.3 Å². The smallest absolute Gasteiger partial charge is 0.321 e.